The second kappa shape index (κ2) is 9.31. The maximum absolute atomic E-state index is 13.3. The first-order valence-corrected chi connectivity index (χ1v) is 9.98. The van der Waals surface area contributed by atoms with Gasteiger partial charge in [0.1, 0.15) is 11.4 Å². The summed E-state index contributed by atoms with van der Waals surface area (Å²) in [6.07, 6.45) is 2.73. The van der Waals surface area contributed by atoms with Crippen molar-refractivity contribution < 1.29 is 13.9 Å². The fourth-order valence-corrected chi connectivity index (χ4v) is 3.32. The summed E-state index contributed by atoms with van der Waals surface area (Å²) < 4.78 is 18.7. The number of hydrogen-bond donors (Lipinski definition) is 1. The number of rotatable bonds is 3. The summed E-state index contributed by atoms with van der Waals surface area (Å²) in [6.45, 7) is 1.97. The number of benzene rings is 1. The van der Waals surface area contributed by atoms with Crippen molar-refractivity contribution in [2.75, 3.05) is 43.9 Å². The first-order valence-electron chi connectivity index (χ1n) is 9.98. The molecule has 2 N–H and O–H groups in total. The molecule has 1 fully saturated rings. The Labute approximate surface area is 184 Å². The summed E-state index contributed by atoms with van der Waals surface area (Å²) in [6, 6.07) is 10.7. The molecule has 0 saturated carbocycles. The van der Waals surface area contributed by atoms with E-state index in [4.69, 9.17) is 10.5 Å². The molecule has 0 spiro atoms. The quantitative estimate of drug-likeness (QED) is 0.632. The molecule has 0 aliphatic carbocycles. The van der Waals surface area contributed by atoms with Crippen LogP contribution in [0.5, 0.6) is 5.75 Å². The number of piperazine rings is 1. The number of nitrogens with two attached hydrogens (primary N) is 1. The molecule has 0 unspecified atom stereocenters. The van der Waals surface area contributed by atoms with Crippen molar-refractivity contribution >= 4 is 17.7 Å². The number of anilines is 2. The molecule has 32 heavy (non-hydrogen) atoms. The molecule has 0 atom stereocenters. The van der Waals surface area contributed by atoms with Gasteiger partial charge in [0.2, 0.25) is 5.95 Å². The minimum absolute atomic E-state index is 0.104. The van der Waals surface area contributed by atoms with Crippen molar-refractivity contribution in [1.82, 2.24) is 19.9 Å². The number of methoxy groups -OCH3 is 1. The highest BCUT2D eigenvalue weighted by molar-refractivity contribution is 5.95. The minimum atomic E-state index is -0.649. The molecule has 1 saturated heterocycles. The Morgan fingerprint density at radius 2 is 1.94 bits per heavy atom. The Morgan fingerprint density at radius 3 is 2.62 bits per heavy atom. The summed E-state index contributed by atoms with van der Waals surface area (Å²) in [5, 5.41) is 0. The fourth-order valence-electron chi connectivity index (χ4n) is 3.32. The van der Waals surface area contributed by atoms with Gasteiger partial charge in [-0.3, -0.25) is 4.79 Å². The molecule has 1 aromatic carbocycles. The number of nitrogens with zero attached hydrogens (tertiary/aromatic N) is 5. The topological polar surface area (TPSA) is 97.5 Å². The first-order chi connectivity index (χ1) is 15.5. The summed E-state index contributed by atoms with van der Waals surface area (Å²) in [5.41, 5.74) is 7.30. The number of hydrogen-bond acceptors (Lipinski definition) is 7. The number of aromatic nitrogens is 3. The third-order valence-corrected chi connectivity index (χ3v) is 5.04. The van der Waals surface area contributed by atoms with Crippen molar-refractivity contribution in [3.8, 4) is 17.6 Å². The van der Waals surface area contributed by atoms with Crippen LogP contribution in [0.15, 0.2) is 48.8 Å². The molecule has 3 aromatic rings. The van der Waals surface area contributed by atoms with Crippen molar-refractivity contribution in [3.05, 3.63) is 71.4 Å². The van der Waals surface area contributed by atoms with Crippen molar-refractivity contribution in [2.24, 2.45) is 0 Å². The second-order valence-electron chi connectivity index (χ2n) is 7.06. The normalized spacial score (nSPS) is 13.3. The van der Waals surface area contributed by atoms with E-state index in [1.165, 1.54) is 0 Å². The second-order valence-corrected chi connectivity index (χ2v) is 7.06. The molecule has 0 radical (unpaired) electrons. The van der Waals surface area contributed by atoms with Crippen LogP contribution in [0.2, 0.25) is 0 Å². The number of pyridine rings is 1. The van der Waals surface area contributed by atoms with Crippen LogP contribution in [0.1, 0.15) is 21.6 Å². The van der Waals surface area contributed by atoms with Gasteiger partial charge >= 0.3 is 0 Å². The van der Waals surface area contributed by atoms with E-state index in [9.17, 15) is 9.18 Å². The van der Waals surface area contributed by atoms with E-state index in [1.54, 1.807) is 36.4 Å². The van der Waals surface area contributed by atoms with Crippen LogP contribution in [0.25, 0.3) is 0 Å². The summed E-state index contributed by atoms with van der Waals surface area (Å²) in [4.78, 5) is 28.9. The van der Waals surface area contributed by atoms with E-state index in [0.29, 0.717) is 54.7 Å². The predicted molar refractivity (Wildman–Crippen MR) is 118 cm³/mol. The highest BCUT2D eigenvalue weighted by Crippen LogP contribution is 2.21. The SMILES string of the molecule is COc1ccc(C(=O)N2CCN(c3ncc(F)c(N)n3)CC2)cc1C#Cc1ccccn1. The highest BCUT2D eigenvalue weighted by Gasteiger charge is 2.24. The molecule has 1 amide bonds. The lowest BCUT2D eigenvalue weighted by molar-refractivity contribution is 0.0746. The lowest BCUT2D eigenvalue weighted by Crippen LogP contribution is -2.49. The van der Waals surface area contributed by atoms with Crippen LogP contribution < -0.4 is 15.4 Å². The van der Waals surface area contributed by atoms with Gasteiger partial charge in [-0.05, 0) is 36.3 Å². The maximum atomic E-state index is 13.3. The molecule has 1 aliphatic heterocycles. The summed E-state index contributed by atoms with van der Waals surface area (Å²) in [7, 11) is 1.56. The van der Waals surface area contributed by atoms with Crippen LogP contribution in [0, 0.1) is 17.7 Å². The van der Waals surface area contributed by atoms with Gasteiger partial charge in [-0.15, -0.1) is 0 Å². The molecule has 4 rings (SSSR count). The van der Waals surface area contributed by atoms with Crippen molar-refractivity contribution in [2.45, 2.75) is 0 Å². The zero-order valence-corrected chi connectivity index (χ0v) is 17.5. The van der Waals surface area contributed by atoms with Crippen LogP contribution >= 0.6 is 0 Å². The number of carbonyl (C=O) groups excluding carboxylic acids is 1. The van der Waals surface area contributed by atoms with Crippen LogP contribution in [0.4, 0.5) is 16.2 Å². The largest absolute Gasteiger partial charge is 0.495 e. The highest BCUT2D eigenvalue weighted by atomic mass is 19.1. The molecule has 0 bridgehead atoms. The molecule has 9 heteroatoms. The summed E-state index contributed by atoms with van der Waals surface area (Å²) >= 11 is 0. The Hall–Kier alpha value is -4.19. The van der Waals surface area contributed by atoms with Gasteiger partial charge in [-0.25, -0.2) is 14.4 Å². The Bertz CT molecular complexity index is 1180. The van der Waals surface area contributed by atoms with E-state index in [1.807, 2.05) is 23.1 Å². The van der Waals surface area contributed by atoms with Crippen molar-refractivity contribution in [1.29, 1.82) is 0 Å². The monoisotopic (exact) mass is 432 g/mol. The van der Waals surface area contributed by atoms with E-state index in [2.05, 4.69) is 26.8 Å². The molecule has 2 aromatic heterocycles. The lowest BCUT2D eigenvalue weighted by atomic mass is 10.1. The zero-order chi connectivity index (χ0) is 22.5. The van der Waals surface area contributed by atoms with Crippen LogP contribution in [-0.4, -0.2) is 59.0 Å². The van der Waals surface area contributed by atoms with Crippen LogP contribution in [0.3, 0.4) is 0 Å². The number of nitrogen functional groups attached to an aromatic ring is 1. The van der Waals surface area contributed by atoms with Gasteiger partial charge in [0.25, 0.3) is 5.91 Å². The van der Waals surface area contributed by atoms with E-state index in [-0.39, 0.29) is 11.7 Å². The number of amides is 1. The van der Waals surface area contributed by atoms with Gasteiger partial charge in [-0.2, -0.15) is 4.98 Å². The number of halogens is 1. The molecular weight excluding hydrogens is 411 g/mol. The molecular formula is C23H21FN6O2. The zero-order valence-electron chi connectivity index (χ0n) is 17.5. The van der Waals surface area contributed by atoms with E-state index in [0.717, 1.165) is 6.20 Å². The molecule has 1 aliphatic rings. The van der Waals surface area contributed by atoms with Gasteiger partial charge < -0.3 is 20.3 Å². The average molecular weight is 432 g/mol. The Balaban J connectivity index is 1.48. The fraction of sp³-hybridized carbons (Fsp3) is 0.217. The molecule has 162 valence electrons. The molecule has 3 heterocycles. The van der Waals surface area contributed by atoms with Gasteiger partial charge in [0, 0.05) is 37.9 Å². The van der Waals surface area contributed by atoms with Gasteiger partial charge in [0.15, 0.2) is 11.6 Å². The van der Waals surface area contributed by atoms with E-state index < -0.39 is 5.82 Å². The predicted octanol–water partition coefficient (Wildman–Crippen LogP) is 1.96. The Morgan fingerprint density at radius 1 is 1.12 bits per heavy atom. The van der Waals surface area contributed by atoms with Gasteiger partial charge in [-0.1, -0.05) is 12.0 Å². The maximum Gasteiger partial charge on any atom is 0.254 e. The smallest absolute Gasteiger partial charge is 0.254 e. The lowest BCUT2D eigenvalue weighted by Gasteiger charge is -2.34. The Kier molecular flexibility index (Phi) is 6.12. The van der Waals surface area contributed by atoms with Crippen LogP contribution in [-0.2, 0) is 0 Å². The summed E-state index contributed by atoms with van der Waals surface area (Å²) in [5.74, 6) is 6.03. The number of carbonyl (C=O) groups is 1. The first kappa shape index (κ1) is 21.1. The number of ether oxygens (including phenoxy) is 1. The van der Waals surface area contributed by atoms with E-state index >= 15 is 0 Å². The van der Waals surface area contributed by atoms with Gasteiger partial charge in [0.05, 0.1) is 18.9 Å². The standard InChI is InChI=1S/C23H21FN6O2/c1-32-20-8-6-17(14-16(20)5-7-18-4-2-3-9-26-18)22(31)29-10-12-30(13-11-29)23-27-15-19(24)21(25)28-23/h2-4,6,8-9,14-15H,10-13H2,1H3,(H2,25,27,28). The third-order valence-electron chi connectivity index (χ3n) is 5.04. The third kappa shape index (κ3) is 4.59. The van der Waals surface area contributed by atoms with Crippen molar-refractivity contribution in [3.63, 3.8) is 0 Å². The average Bonchev–Trinajstić information content (AvgIpc) is 2.84. The molecule has 8 nitrogen and oxygen atoms in total. The minimum Gasteiger partial charge on any atom is -0.495 e.